The average molecular weight is 293 g/mol. The van der Waals surface area contributed by atoms with Gasteiger partial charge in [-0.15, -0.1) is 0 Å². The molecular formula is C15H27ArNO2. The Morgan fingerprint density at radius 2 is 1.89 bits per heavy atom. The molecule has 0 aromatic rings. The Balaban J connectivity index is 0.00000180. The molecule has 19 heavy (non-hydrogen) atoms. The molecular weight excluding hydrogens is 266 g/mol. The van der Waals surface area contributed by atoms with Crippen LogP contribution in [-0.2, 0) is 9.53 Å². The minimum Gasteiger partial charge on any atom is -0.384 e. The molecule has 3 nitrogen and oxygen atoms in total. The van der Waals surface area contributed by atoms with E-state index in [1.165, 1.54) is 13.1 Å². The van der Waals surface area contributed by atoms with Crippen molar-refractivity contribution in [3.63, 3.8) is 0 Å². The summed E-state index contributed by atoms with van der Waals surface area (Å²) >= 11 is 0. The summed E-state index contributed by atoms with van der Waals surface area (Å²) in [4.78, 5) is 13.6. The van der Waals surface area contributed by atoms with Gasteiger partial charge in [-0.05, 0) is 31.1 Å². The van der Waals surface area contributed by atoms with Gasteiger partial charge in [0.1, 0.15) is 5.78 Å². The van der Waals surface area contributed by atoms with Crippen LogP contribution in [0.4, 0.5) is 0 Å². The zero-order valence-electron chi connectivity index (χ0n) is 12.6. The van der Waals surface area contributed by atoms with Crippen molar-refractivity contribution in [2.24, 2.45) is 23.2 Å². The number of Topliss-reactive ketones (excluding diaryl/α,β-unsaturated/α-hetero) is 1. The average Bonchev–Trinajstić information content (AvgIpc) is 2.68. The number of hydrogen-bond donors (Lipinski definition) is 0. The normalized spacial score (nSPS) is 29.8. The van der Waals surface area contributed by atoms with Crippen molar-refractivity contribution in [1.29, 1.82) is 0 Å². The van der Waals surface area contributed by atoms with Gasteiger partial charge in [0, 0.05) is 76.3 Å². The van der Waals surface area contributed by atoms with Crippen LogP contribution in [0.5, 0.6) is 0 Å². The fourth-order valence-corrected chi connectivity index (χ4v) is 3.71. The number of ketones is 1. The van der Waals surface area contributed by atoms with E-state index in [1.807, 2.05) is 0 Å². The molecule has 0 aromatic carbocycles. The van der Waals surface area contributed by atoms with E-state index in [9.17, 15) is 4.79 Å². The van der Waals surface area contributed by atoms with E-state index in [0.29, 0.717) is 5.78 Å². The van der Waals surface area contributed by atoms with Crippen molar-refractivity contribution < 1.29 is 47.3 Å². The number of piperidine rings is 1. The van der Waals surface area contributed by atoms with Crippen LogP contribution in [0.2, 0.25) is 0 Å². The predicted octanol–water partition coefficient (Wildman–Crippen LogP) is 2.21. The largest absolute Gasteiger partial charge is 0.384 e. The van der Waals surface area contributed by atoms with Crippen molar-refractivity contribution in [3.8, 4) is 0 Å². The summed E-state index contributed by atoms with van der Waals surface area (Å²) in [6, 6.07) is 0. The van der Waals surface area contributed by atoms with E-state index in [2.05, 4.69) is 18.7 Å². The molecule has 0 amide bonds. The topological polar surface area (TPSA) is 29.5 Å². The van der Waals surface area contributed by atoms with Gasteiger partial charge in [0.2, 0.25) is 0 Å². The molecule has 0 bridgehead atoms. The zero-order valence-corrected chi connectivity index (χ0v) is 13.3. The number of carbonyl (C=O) groups is 1. The first-order valence-electron chi connectivity index (χ1n) is 7.14. The molecule has 1 saturated heterocycles. The second kappa shape index (κ2) is 7.22. The third-order valence-electron chi connectivity index (χ3n) is 4.46. The summed E-state index contributed by atoms with van der Waals surface area (Å²) in [6.45, 7) is 10.7. The number of nitrogens with zero attached hydrogens (tertiary/aromatic N) is 1. The maximum atomic E-state index is 11.0. The third kappa shape index (κ3) is 4.96. The number of fused-ring (bicyclic) bond motifs is 1. The zero-order chi connectivity index (χ0) is 13.3. The van der Waals surface area contributed by atoms with E-state index >= 15 is 0 Å². The molecule has 4 heteroatoms. The van der Waals surface area contributed by atoms with Gasteiger partial charge in [-0.3, -0.25) is 0 Å². The predicted molar refractivity (Wildman–Crippen MR) is 72.5 cm³/mol. The SMILES string of the molecule is COCC(C)(C)CN1CC2C(CCC(C)=O)C2C1.[Ar]. The van der Waals surface area contributed by atoms with Crippen LogP contribution in [0.15, 0.2) is 0 Å². The molecule has 0 aromatic heterocycles. The molecule has 112 valence electrons. The molecule has 2 fully saturated rings. The Bertz CT molecular complexity index is 307. The maximum absolute atomic E-state index is 11.0. The second-order valence-corrected chi connectivity index (χ2v) is 7.02. The summed E-state index contributed by atoms with van der Waals surface area (Å²) in [5.74, 6) is 2.94. The molecule has 2 atom stereocenters. The smallest absolute Gasteiger partial charge is 0.129 e. The minimum absolute atomic E-state index is 0. The Morgan fingerprint density at radius 3 is 2.37 bits per heavy atom. The fourth-order valence-electron chi connectivity index (χ4n) is 3.71. The summed E-state index contributed by atoms with van der Waals surface area (Å²) in [7, 11) is 1.78. The van der Waals surface area contributed by atoms with E-state index in [4.69, 9.17) is 4.74 Å². The molecule has 1 saturated carbocycles. The molecule has 1 aliphatic heterocycles. The number of methoxy groups -OCH3 is 1. The molecule has 1 heterocycles. The van der Waals surface area contributed by atoms with Crippen LogP contribution in [-0.4, -0.2) is 44.0 Å². The Hall–Kier alpha value is 0.850. The van der Waals surface area contributed by atoms with Crippen molar-refractivity contribution in [3.05, 3.63) is 0 Å². The van der Waals surface area contributed by atoms with Gasteiger partial charge >= 0.3 is 0 Å². The third-order valence-corrected chi connectivity index (χ3v) is 4.46. The van der Waals surface area contributed by atoms with Crippen LogP contribution >= 0.6 is 0 Å². The molecule has 2 rings (SSSR count). The first-order valence-corrected chi connectivity index (χ1v) is 7.14. The Morgan fingerprint density at radius 1 is 1.32 bits per heavy atom. The molecule has 2 aliphatic rings. The van der Waals surface area contributed by atoms with Gasteiger partial charge in [0.05, 0.1) is 6.61 Å². The van der Waals surface area contributed by atoms with Gasteiger partial charge in [-0.1, -0.05) is 13.8 Å². The summed E-state index contributed by atoms with van der Waals surface area (Å²) in [5, 5.41) is 0. The van der Waals surface area contributed by atoms with Crippen LogP contribution < -0.4 is 0 Å². The van der Waals surface area contributed by atoms with Crippen molar-refractivity contribution in [2.45, 2.75) is 33.6 Å². The Kier molecular flexibility index (Phi) is 6.80. The first-order chi connectivity index (χ1) is 8.43. The number of hydrogen-bond acceptors (Lipinski definition) is 3. The molecule has 1 aliphatic carbocycles. The van der Waals surface area contributed by atoms with E-state index in [0.717, 1.165) is 43.7 Å². The standard InChI is InChI=1S/C15H27NO2.Ar/c1-11(17)5-6-12-13-7-16(8-14(12)13)9-15(2,3)10-18-4;/h12-14H,5-10H2,1-4H3;. The Labute approximate surface area is 147 Å². The summed E-state index contributed by atoms with van der Waals surface area (Å²) < 4.78 is 5.28. The van der Waals surface area contributed by atoms with Gasteiger partial charge in [0.15, 0.2) is 0 Å². The first kappa shape index (κ1) is 17.9. The van der Waals surface area contributed by atoms with Crippen LogP contribution in [0.25, 0.3) is 0 Å². The fraction of sp³-hybridized carbons (Fsp3) is 0.933. The summed E-state index contributed by atoms with van der Waals surface area (Å²) in [5.41, 5.74) is 0.250. The number of ether oxygens (including phenoxy) is 1. The van der Waals surface area contributed by atoms with E-state index in [-0.39, 0.29) is 43.2 Å². The van der Waals surface area contributed by atoms with Crippen LogP contribution in [0, 0.1) is 60.9 Å². The van der Waals surface area contributed by atoms with Gasteiger partial charge in [-0.2, -0.15) is 0 Å². The second-order valence-electron chi connectivity index (χ2n) is 7.02. The molecule has 2 unspecified atom stereocenters. The molecule has 0 radical (unpaired) electrons. The molecule has 0 spiro atoms. The van der Waals surface area contributed by atoms with Gasteiger partial charge in [-0.25, -0.2) is 0 Å². The number of rotatable bonds is 7. The van der Waals surface area contributed by atoms with E-state index in [1.54, 1.807) is 14.0 Å². The monoisotopic (exact) mass is 293 g/mol. The quantitative estimate of drug-likeness (QED) is 0.721. The van der Waals surface area contributed by atoms with Crippen molar-refractivity contribution in [2.75, 3.05) is 33.4 Å². The van der Waals surface area contributed by atoms with E-state index < -0.39 is 0 Å². The van der Waals surface area contributed by atoms with Crippen molar-refractivity contribution in [1.82, 2.24) is 4.90 Å². The van der Waals surface area contributed by atoms with Crippen LogP contribution in [0.3, 0.4) is 0 Å². The number of carbonyl (C=O) groups excluding carboxylic acids is 1. The summed E-state index contributed by atoms with van der Waals surface area (Å²) in [6.07, 6.45) is 1.91. The van der Waals surface area contributed by atoms with Gasteiger partial charge in [0.25, 0.3) is 0 Å². The maximum Gasteiger partial charge on any atom is 0.129 e. The number of likely N-dealkylation sites (tertiary alicyclic amines) is 1. The minimum atomic E-state index is 0. The van der Waals surface area contributed by atoms with Crippen LogP contribution in [0.1, 0.15) is 33.6 Å². The van der Waals surface area contributed by atoms with Crippen molar-refractivity contribution >= 4 is 5.78 Å². The van der Waals surface area contributed by atoms with Gasteiger partial charge < -0.3 is 14.4 Å². The molecule has 0 N–H and O–H groups in total.